The molecule has 0 aromatic carbocycles. The van der Waals surface area contributed by atoms with Gasteiger partial charge >= 0.3 is 5.97 Å². The predicted octanol–water partition coefficient (Wildman–Crippen LogP) is -0.918. The normalized spacial score (nSPS) is 25.9. The molecule has 0 aliphatic carbocycles. The molecule has 7 nitrogen and oxygen atoms in total. The van der Waals surface area contributed by atoms with E-state index in [0.29, 0.717) is 39.1 Å². The van der Waals surface area contributed by atoms with E-state index in [1.165, 1.54) is 0 Å². The lowest BCUT2D eigenvalue weighted by Gasteiger charge is -2.37. The largest absolute Gasteiger partial charge is 0.480 e. The molecule has 20 heavy (non-hydrogen) atoms. The maximum absolute atomic E-state index is 12.3. The Morgan fingerprint density at radius 2 is 1.85 bits per heavy atom. The van der Waals surface area contributed by atoms with Gasteiger partial charge in [-0.15, -0.1) is 0 Å². The van der Waals surface area contributed by atoms with Crippen LogP contribution in [-0.2, 0) is 14.4 Å². The van der Waals surface area contributed by atoms with Crippen molar-refractivity contribution in [3.8, 4) is 0 Å². The fourth-order valence-electron chi connectivity index (χ4n) is 2.77. The van der Waals surface area contributed by atoms with E-state index < -0.39 is 12.0 Å². The Balaban J connectivity index is 1.86. The number of rotatable bonds is 3. The van der Waals surface area contributed by atoms with Crippen LogP contribution in [0.4, 0.5) is 0 Å². The standard InChI is InChI=1S/C13H21N3O4/c1-9(13(19)20)15-3-5-16(6-4-15)12(18)10-7-11(17)14(2)8-10/h9-10H,3-8H2,1-2H3,(H,19,20). The number of nitrogens with zero attached hydrogens (tertiary/aromatic N) is 3. The molecule has 2 rings (SSSR count). The third-order valence-electron chi connectivity index (χ3n) is 4.22. The van der Waals surface area contributed by atoms with Gasteiger partial charge in [-0.1, -0.05) is 0 Å². The Labute approximate surface area is 118 Å². The van der Waals surface area contributed by atoms with Crippen molar-refractivity contribution in [2.75, 3.05) is 39.8 Å². The van der Waals surface area contributed by atoms with Gasteiger partial charge in [0.25, 0.3) is 0 Å². The minimum atomic E-state index is -0.840. The summed E-state index contributed by atoms with van der Waals surface area (Å²) in [4.78, 5) is 39.9. The van der Waals surface area contributed by atoms with Gasteiger partial charge in [0.2, 0.25) is 11.8 Å². The van der Waals surface area contributed by atoms with Gasteiger partial charge in [0.05, 0.1) is 5.92 Å². The number of carbonyl (C=O) groups excluding carboxylic acids is 2. The van der Waals surface area contributed by atoms with Crippen molar-refractivity contribution in [1.29, 1.82) is 0 Å². The van der Waals surface area contributed by atoms with Crippen LogP contribution in [0.5, 0.6) is 0 Å². The zero-order valence-corrected chi connectivity index (χ0v) is 11.9. The molecule has 0 aromatic rings. The first-order chi connectivity index (χ1) is 9.40. The van der Waals surface area contributed by atoms with Crippen molar-refractivity contribution < 1.29 is 19.5 Å². The SMILES string of the molecule is CC(C(=O)O)N1CCN(C(=O)C2CC(=O)N(C)C2)CC1. The molecular formula is C13H21N3O4. The van der Waals surface area contributed by atoms with Crippen LogP contribution in [0.25, 0.3) is 0 Å². The molecule has 2 aliphatic heterocycles. The van der Waals surface area contributed by atoms with Crippen molar-refractivity contribution in [1.82, 2.24) is 14.7 Å². The van der Waals surface area contributed by atoms with Crippen LogP contribution >= 0.6 is 0 Å². The minimum Gasteiger partial charge on any atom is -0.480 e. The van der Waals surface area contributed by atoms with E-state index >= 15 is 0 Å². The molecule has 0 aromatic heterocycles. The van der Waals surface area contributed by atoms with Crippen molar-refractivity contribution in [2.45, 2.75) is 19.4 Å². The third kappa shape index (κ3) is 2.92. The molecule has 2 fully saturated rings. The Morgan fingerprint density at radius 3 is 2.30 bits per heavy atom. The summed E-state index contributed by atoms with van der Waals surface area (Å²) in [6.07, 6.45) is 0.293. The quantitative estimate of drug-likeness (QED) is 0.724. The van der Waals surface area contributed by atoms with E-state index in [4.69, 9.17) is 5.11 Å². The predicted molar refractivity (Wildman–Crippen MR) is 71.0 cm³/mol. The van der Waals surface area contributed by atoms with Crippen molar-refractivity contribution in [3.05, 3.63) is 0 Å². The zero-order valence-electron chi connectivity index (χ0n) is 11.9. The highest BCUT2D eigenvalue weighted by Crippen LogP contribution is 2.19. The second kappa shape index (κ2) is 5.78. The van der Waals surface area contributed by atoms with Crippen LogP contribution in [-0.4, -0.2) is 83.4 Å². The van der Waals surface area contributed by atoms with Crippen LogP contribution in [0.15, 0.2) is 0 Å². The average molecular weight is 283 g/mol. The molecule has 0 radical (unpaired) electrons. The number of carboxylic acid groups (broad SMARTS) is 1. The monoisotopic (exact) mass is 283 g/mol. The van der Waals surface area contributed by atoms with Crippen molar-refractivity contribution >= 4 is 17.8 Å². The van der Waals surface area contributed by atoms with Crippen molar-refractivity contribution in [3.63, 3.8) is 0 Å². The first kappa shape index (κ1) is 14.8. The van der Waals surface area contributed by atoms with Gasteiger partial charge in [0.1, 0.15) is 6.04 Å². The summed E-state index contributed by atoms with van der Waals surface area (Å²) in [5, 5.41) is 8.98. The molecule has 2 unspecified atom stereocenters. The minimum absolute atomic E-state index is 0.0153. The summed E-state index contributed by atoms with van der Waals surface area (Å²) >= 11 is 0. The number of aliphatic carboxylic acids is 1. The molecule has 0 bridgehead atoms. The van der Waals surface area contributed by atoms with E-state index in [2.05, 4.69) is 0 Å². The smallest absolute Gasteiger partial charge is 0.320 e. The molecule has 112 valence electrons. The first-order valence-electron chi connectivity index (χ1n) is 6.89. The highest BCUT2D eigenvalue weighted by Gasteiger charge is 2.36. The molecular weight excluding hydrogens is 262 g/mol. The fourth-order valence-corrected chi connectivity index (χ4v) is 2.77. The Kier molecular flexibility index (Phi) is 4.27. The number of amides is 2. The van der Waals surface area contributed by atoms with E-state index in [1.54, 1.807) is 23.8 Å². The highest BCUT2D eigenvalue weighted by atomic mass is 16.4. The summed E-state index contributed by atoms with van der Waals surface area (Å²) in [6, 6.07) is -0.522. The van der Waals surface area contributed by atoms with Gasteiger partial charge in [-0.25, -0.2) is 0 Å². The topological polar surface area (TPSA) is 81.2 Å². The van der Waals surface area contributed by atoms with Crippen LogP contribution in [0.2, 0.25) is 0 Å². The zero-order chi connectivity index (χ0) is 14.9. The number of carbonyl (C=O) groups is 3. The molecule has 0 saturated carbocycles. The summed E-state index contributed by atoms with van der Waals surface area (Å²) in [6.45, 7) is 4.34. The van der Waals surface area contributed by atoms with E-state index in [1.807, 2.05) is 4.90 Å². The first-order valence-corrected chi connectivity index (χ1v) is 6.89. The van der Waals surface area contributed by atoms with Crippen molar-refractivity contribution in [2.24, 2.45) is 5.92 Å². The number of hydrogen-bond acceptors (Lipinski definition) is 4. The molecule has 2 atom stereocenters. The Morgan fingerprint density at radius 1 is 1.25 bits per heavy atom. The lowest BCUT2D eigenvalue weighted by Crippen LogP contribution is -2.54. The third-order valence-corrected chi connectivity index (χ3v) is 4.22. The van der Waals surface area contributed by atoms with Crippen LogP contribution in [0.1, 0.15) is 13.3 Å². The van der Waals surface area contributed by atoms with Gasteiger partial charge in [-0.05, 0) is 6.92 Å². The number of hydrogen-bond donors (Lipinski definition) is 1. The van der Waals surface area contributed by atoms with E-state index in [0.717, 1.165) is 0 Å². The average Bonchev–Trinajstić information content (AvgIpc) is 2.77. The number of carboxylic acids is 1. The summed E-state index contributed by atoms with van der Waals surface area (Å²) < 4.78 is 0. The van der Waals surface area contributed by atoms with Gasteiger partial charge in [0, 0.05) is 46.2 Å². The molecule has 2 amide bonds. The van der Waals surface area contributed by atoms with Crippen LogP contribution < -0.4 is 0 Å². The second-order valence-corrected chi connectivity index (χ2v) is 5.55. The van der Waals surface area contributed by atoms with Crippen LogP contribution in [0, 0.1) is 5.92 Å². The van der Waals surface area contributed by atoms with Gasteiger partial charge in [-0.2, -0.15) is 0 Å². The van der Waals surface area contributed by atoms with Crippen LogP contribution in [0.3, 0.4) is 0 Å². The molecule has 2 aliphatic rings. The van der Waals surface area contributed by atoms with Gasteiger partial charge in [0.15, 0.2) is 0 Å². The maximum Gasteiger partial charge on any atom is 0.320 e. The highest BCUT2D eigenvalue weighted by molar-refractivity contribution is 5.89. The second-order valence-electron chi connectivity index (χ2n) is 5.55. The Hall–Kier alpha value is -1.63. The molecule has 2 saturated heterocycles. The summed E-state index contributed by atoms with van der Waals surface area (Å²) in [5.74, 6) is -1.05. The molecule has 2 heterocycles. The fraction of sp³-hybridized carbons (Fsp3) is 0.769. The number of likely N-dealkylation sites (tertiary alicyclic amines) is 1. The summed E-state index contributed by atoms with van der Waals surface area (Å²) in [5.41, 5.74) is 0. The Bertz CT molecular complexity index is 418. The lowest BCUT2D eigenvalue weighted by molar-refractivity contribution is -0.144. The van der Waals surface area contributed by atoms with E-state index in [-0.39, 0.29) is 17.7 Å². The number of piperazine rings is 1. The molecule has 1 N–H and O–H groups in total. The molecule has 7 heteroatoms. The summed E-state index contributed by atoms with van der Waals surface area (Å²) in [7, 11) is 1.71. The lowest BCUT2D eigenvalue weighted by atomic mass is 10.1. The van der Waals surface area contributed by atoms with Gasteiger partial charge < -0.3 is 14.9 Å². The maximum atomic E-state index is 12.3. The van der Waals surface area contributed by atoms with E-state index in [9.17, 15) is 14.4 Å². The molecule has 0 spiro atoms. The van der Waals surface area contributed by atoms with Gasteiger partial charge in [-0.3, -0.25) is 19.3 Å².